The van der Waals surface area contributed by atoms with E-state index in [1.54, 1.807) is 4.68 Å². The zero-order valence-corrected chi connectivity index (χ0v) is 10.1. The zero-order chi connectivity index (χ0) is 12.5. The summed E-state index contributed by atoms with van der Waals surface area (Å²) in [6, 6.07) is 0.241. The Balaban J connectivity index is 1.96. The summed E-state index contributed by atoms with van der Waals surface area (Å²) in [6.45, 7) is 0. The largest absolute Gasteiger partial charge is 0.378 e. The van der Waals surface area contributed by atoms with Crippen LogP contribution in [0.1, 0.15) is 12.0 Å². The Morgan fingerprint density at radius 3 is 3.17 bits per heavy atom. The van der Waals surface area contributed by atoms with Gasteiger partial charge in [-0.3, -0.25) is 4.68 Å². The maximum absolute atomic E-state index is 10.4. The highest BCUT2D eigenvalue weighted by molar-refractivity contribution is 5.76. The predicted molar refractivity (Wildman–Crippen MR) is 69.2 cm³/mol. The second-order valence-electron chi connectivity index (χ2n) is 4.51. The van der Waals surface area contributed by atoms with Crippen LogP contribution in [0.25, 0.3) is 5.57 Å². The molecule has 0 radical (unpaired) electrons. The smallest absolute Gasteiger partial charge is 0.126 e. The van der Waals surface area contributed by atoms with Crippen molar-refractivity contribution in [3.8, 4) is 0 Å². The molecule has 2 heterocycles. The quantitative estimate of drug-likeness (QED) is 0.793. The summed E-state index contributed by atoms with van der Waals surface area (Å²) in [4.78, 5) is 10.4. The van der Waals surface area contributed by atoms with Crippen molar-refractivity contribution >= 4 is 11.5 Å². The molecule has 90 valence electrons. The predicted octanol–water partition coefficient (Wildman–Crippen LogP) is 1.38. The van der Waals surface area contributed by atoms with Gasteiger partial charge in [0.1, 0.15) is 5.94 Å². The van der Waals surface area contributed by atoms with Crippen molar-refractivity contribution in [2.45, 2.75) is 12.5 Å². The number of hydrogen-bond acceptors (Lipinski definition) is 3. The monoisotopic (exact) mass is 239 g/mol. The normalized spacial score (nSPS) is 21.2. The number of carbonyl (C=O) groups excluding carboxylic acids is 1. The molecule has 0 spiro atoms. The van der Waals surface area contributed by atoms with Crippen molar-refractivity contribution in [1.29, 1.82) is 0 Å². The summed E-state index contributed by atoms with van der Waals surface area (Å²) in [6.07, 6.45) is 12.5. The molecule has 3 rings (SSSR count). The molecule has 4 nitrogen and oxygen atoms in total. The summed E-state index contributed by atoms with van der Waals surface area (Å²) < 4.78 is 1.79. The van der Waals surface area contributed by atoms with Crippen molar-refractivity contribution in [2.24, 2.45) is 7.05 Å². The van der Waals surface area contributed by atoms with Crippen LogP contribution in [-0.4, -0.2) is 21.8 Å². The summed E-state index contributed by atoms with van der Waals surface area (Å²) in [5, 5.41) is 7.49. The fourth-order valence-electron chi connectivity index (χ4n) is 2.37. The average molecular weight is 239 g/mol. The lowest BCUT2D eigenvalue weighted by atomic mass is 10.1. The number of hydrogen-bond donors (Lipinski definition) is 1. The first-order chi connectivity index (χ1) is 8.76. The second-order valence-corrected chi connectivity index (χ2v) is 4.51. The first-order valence-corrected chi connectivity index (χ1v) is 5.86. The number of fused-ring (bicyclic) bond motifs is 2. The van der Waals surface area contributed by atoms with Gasteiger partial charge in [0.2, 0.25) is 0 Å². The fraction of sp³-hybridized carbons (Fsp3) is 0.214. The third kappa shape index (κ3) is 1.83. The molecular weight excluding hydrogens is 226 g/mol. The summed E-state index contributed by atoms with van der Waals surface area (Å²) >= 11 is 0. The second kappa shape index (κ2) is 4.17. The Bertz CT molecular complexity index is 627. The van der Waals surface area contributed by atoms with E-state index < -0.39 is 0 Å². The van der Waals surface area contributed by atoms with Gasteiger partial charge in [-0.25, -0.2) is 4.79 Å². The molecule has 0 fully saturated rings. The van der Waals surface area contributed by atoms with Gasteiger partial charge in [-0.15, -0.1) is 0 Å². The van der Waals surface area contributed by atoms with Crippen LogP contribution in [-0.2, 0) is 11.8 Å². The van der Waals surface area contributed by atoms with E-state index in [-0.39, 0.29) is 6.04 Å². The number of allylic oxidation sites excluding steroid dienone is 4. The molecule has 1 aliphatic heterocycles. The van der Waals surface area contributed by atoms with Crippen LogP contribution in [0, 0.1) is 0 Å². The zero-order valence-electron chi connectivity index (χ0n) is 10.1. The Kier molecular flexibility index (Phi) is 2.50. The Morgan fingerprint density at radius 2 is 2.44 bits per heavy atom. The van der Waals surface area contributed by atoms with Gasteiger partial charge in [0.15, 0.2) is 0 Å². The van der Waals surface area contributed by atoms with E-state index in [0.717, 1.165) is 28.8 Å². The van der Waals surface area contributed by atoms with Crippen LogP contribution in [0.15, 0.2) is 48.0 Å². The van der Waals surface area contributed by atoms with E-state index in [9.17, 15) is 4.79 Å². The van der Waals surface area contributed by atoms with E-state index in [0.29, 0.717) is 0 Å². The molecule has 0 saturated carbocycles. The van der Waals surface area contributed by atoms with Crippen LogP contribution in [0.4, 0.5) is 0 Å². The van der Waals surface area contributed by atoms with Gasteiger partial charge in [0.25, 0.3) is 0 Å². The van der Waals surface area contributed by atoms with E-state index in [1.165, 1.54) is 6.08 Å². The highest BCUT2D eigenvalue weighted by atomic mass is 16.1. The number of nitrogens with zero attached hydrogens (tertiary/aromatic N) is 2. The lowest BCUT2D eigenvalue weighted by Gasteiger charge is -2.08. The highest BCUT2D eigenvalue weighted by Crippen LogP contribution is 2.29. The number of nitrogens with one attached hydrogen (secondary N) is 1. The minimum atomic E-state index is 0.241. The van der Waals surface area contributed by atoms with Gasteiger partial charge in [0.05, 0.1) is 6.20 Å². The standard InChI is InChI=1S/C14H13N3O/c1-17-9-12(8-15-17)10-2-3-11-7-13(6-10)16-14(11)4-5-18/h2-4,6,8-9,13,16H,7H2,1H3. The molecule has 18 heavy (non-hydrogen) atoms. The minimum Gasteiger partial charge on any atom is -0.378 e. The van der Waals surface area contributed by atoms with Gasteiger partial charge in [-0.1, -0.05) is 18.2 Å². The van der Waals surface area contributed by atoms with Crippen molar-refractivity contribution in [3.05, 3.63) is 53.5 Å². The highest BCUT2D eigenvalue weighted by Gasteiger charge is 2.22. The van der Waals surface area contributed by atoms with Gasteiger partial charge >= 0.3 is 0 Å². The molecule has 0 amide bonds. The molecule has 1 atom stereocenters. The summed E-state index contributed by atoms with van der Waals surface area (Å²) in [7, 11) is 1.91. The van der Waals surface area contributed by atoms with Gasteiger partial charge in [-0.2, -0.15) is 5.10 Å². The summed E-state index contributed by atoms with van der Waals surface area (Å²) in [5.41, 5.74) is 4.30. The van der Waals surface area contributed by atoms with Crippen LogP contribution in [0.2, 0.25) is 0 Å². The maximum Gasteiger partial charge on any atom is 0.126 e. The Morgan fingerprint density at radius 1 is 1.56 bits per heavy atom. The van der Waals surface area contributed by atoms with Crippen molar-refractivity contribution in [3.63, 3.8) is 0 Å². The number of rotatable bonds is 2. The maximum atomic E-state index is 10.4. The van der Waals surface area contributed by atoms with E-state index in [1.807, 2.05) is 25.4 Å². The molecule has 0 saturated heterocycles. The third-order valence-corrected chi connectivity index (χ3v) is 3.21. The molecule has 1 unspecified atom stereocenters. The lowest BCUT2D eigenvalue weighted by Crippen LogP contribution is -2.19. The molecule has 0 aromatic carbocycles. The van der Waals surface area contributed by atoms with Gasteiger partial charge in [0, 0.05) is 36.6 Å². The minimum absolute atomic E-state index is 0.241. The molecule has 1 N–H and O–H groups in total. The fourth-order valence-corrected chi connectivity index (χ4v) is 2.37. The molecule has 4 heteroatoms. The van der Waals surface area contributed by atoms with E-state index in [2.05, 4.69) is 28.6 Å². The van der Waals surface area contributed by atoms with Crippen molar-refractivity contribution in [2.75, 3.05) is 0 Å². The van der Waals surface area contributed by atoms with E-state index in [4.69, 9.17) is 0 Å². The first kappa shape index (κ1) is 10.8. The van der Waals surface area contributed by atoms with Gasteiger partial charge < -0.3 is 5.32 Å². The van der Waals surface area contributed by atoms with Crippen LogP contribution in [0.3, 0.4) is 0 Å². The molecule has 1 aromatic rings. The lowest BCUT2D eigenvalue weighted by molar-refractivity contribution is 0.568. The Hall–Kier alpha value is -2.32. The number of aromatic nitrogens is 2. The SMILES string of the molecule is Cn1cc(C2=CC3CC(=C(C=C=O)N3)C=C2)cn1. The molecule has 2 aliphatic rings. The first-order valence-electron chi connectivity index (χ1n) is 5.86. The van der Waals surface area contributed by atoms with Gasteiger partial charge in [-0.05, 0) is 17.6 Å². The molecule has 1 aliphatic carbocycles. The topological polar surface area (TPSA) is 46.9 Å². The molecular formula is C14H13N3O. The molecule has 2 bridgehead atoms. The Labute approximate surface area is 105 Å². The number of aryl methyl sites for hydroxylation is 1. The van der Waals surface area contributed by atoms with Crippen molar-refractivity contribution < 1.29 is 4.79 Å². The van der Waals surface area contributed by atoms with Crippen molar-refractivity contribution in [1.82, 2.24) is 15.1 Å². The van der Waals surface area contributed by atoms with Crippen LogP contribution in [0.5, 0.6) is 0 Å². The van der Waals surface area contributed by atoms with Crippen LogP contribution >= 0.6 is 0 Å². The van der Waals surface area contributed by atoms with E-state index >= 15 is 0 Å². The van der Waals surface area contributed by atoms with Crippen LogP contribution < -0.4 is 5.32 Å². The third-order valence-electron chi connectivity index (χ3n) is 3.21. The average Bonchev–Trinajstić information content (AvgIpc) is 2.84. The molecule has 1 aromatic heterocycles. The summed E-state index contributed by atoms with van der Waals surface area (Å²) in [5.74, 6) is 1.83.